The summed E-state index contributed by atoms with van der Waals surface area (Å²) in [6, 6.07) is 4.61. The average molecular weight is 276 g/mol. The van der Waals surface area contributed by atoms with Crippen LogP contribution in [0.1, 0.15) is 36.5 Å². The van der Waals surface area contributed by atoms with Crippen molar-refractivity contribution in [2.45, 2.75) is 46.2 Å². The van der Waals surface area contributed by atoms with Gasteiger partial charge in [-0.1, -0.05) is 19.1 Å². The number of benzene rings is 1. The molecule has 0 atom stereocenters. The molecule has 1 aromatic carbocycles. The summed E-state index contributed by atoms with van der Waals surface area (Å²) in [5.41, 5.74) is 3.41. The molecule has 20 heavy (non-hydrogen) atoms. The lowest BCUT2D eigenvalue weighted by atomic mass is 10.1. The maximum absolute atomic E-state index is 11.7. The Morgan fingerprint density at radius 3 is 2.50 bits per heavy atom. The van der Waals surface area contributed by atoms with Gasteiger partial charge in [0.15, 0.2) is 6.61 Å². The number of amides is 1. The van der Waals surface area contributed by atoms with Crippen LogP contribution in [0.4, 0.5) is 0 Å². The molecule has 1 aliphatic rings. The second-order valence-electron chi connectivity index (χ2n) is 5.47. The van der Waals surface area contributed by atoms with Crippen molar-refractivity contribution in [3.05, 3.63) is 28.8 Å². The minimum absolute atomic E-state index is 0.0250. The Kier molecular flexibility index (Phi) is 5.01. The van der Waals surface area contributed by atoms with Crippen LogP contribution in [-0.2, 0) is 11.3 Å². The number of ether oxygens (including phenoxy) is 1. The van der Waals surface area contributed by atoms with Crippen molar-refractivity contribution in [1.82, 2.24) is 10.6 Å². The molecule has 0 saturated heterocycles. The van der Waals surface area contributed by atoms with Gasteiger partial charge in [0.05, 0.1) is 0 Å². The van der Waals surface area contributed by atoms with E-state index in [9.17, 15) is 4.79 Å². The number of carbonyl (C=O) groups is 1. The molecule has 2 rings (SSSR count). The van der Waals surface area contributed by atoms with Gasteiger partial charge in [-0.15, -0.1) is 0 Å². The molecule has 110 valence electrons. The van der Waals surface area contributed by atoms with Crippen LogP contribution in [0.3, 0.4) is 0 Å². The van der Waals surface area contributed by atoms with Gasteiger partial charge in [0, 0.05) is 12.6 Å². The molecule has 0 unspecified atom stereocenters. The molecule has 0 heterocycles. The summed E-state index contributed by atoms with van der Waals surface area (Å²) in [5, 5.41) is 6.24. The zero-order valence-electron chi connectivity index (χ0n) is 12.6. The number of rotatable bonds is 7. The van der Waals surface area contributed by atoms with Crippen LogP contribution in [0.15, 0.2) is 12.1 Å². The van der Waals surface area contributed by atoms with Gasteiger partial charge in [0.2, 0.25) is 0 Å². The smallest absolute Gasteiger partial charge is 0.258 e. The third-order valence-electron chi connectivity index (χ3n) is 3.39. The molecule has 4 nitrogen and oxygen atoms in total. The van der Waals surface area contributed by atoms with E-state index in [1.807, 2.05) is 13.8 Å². The van der Waals surface area contributed by atoms with E-state index in [2.05, 4.69) is 29.7 Å². The Hall–Kier alpha value is -1.55. The molecular weight excluding hydrogens is 252 g/mol. The first-order valence-corrected chi connectivity index (χ1v) is 7.33. The molecule has 0 spiro atoms. The van der Waals surface area contributed by atoms with Crippen LogP contribution >= 0.6 is 0 Å². The third-order valence-corrected chi connectivity index (χ3v) is 3.39. The fraction of sp³-hybridized carbons (Fsp3) is 0.562. The monoisotopic (exact) mass is 276 g/mol. The maximum Gasteiger partial charge on any atom is 0.258 e. The highest BCUT2D eigenvalue weighted by Crippen LogP contribution is 2.25. The zero-order valence-corrected chi connectivity index (χ0v) is 12.6. The van der Waals surface area contributed by atoms with Crippen molar-refractivity contribution in [1.29, 1.82) is 0 Å². The highest BCUT2D eigenvalue weighted by Gasteiger charge is 2.23. The van der Waals surface area contributed by atoms with Crippen LogP contribution in [-0.4, -0.2) is 25.1 Å². The standard InChI is InChI=1S/C16H24N2O2/c1-4-17-9-13-7-11(2)16(12(3)8-13)20-10-15(19)18-14-5-6-14/h7-8,14,17H,4-6,9-10H2,1-3H3,(H,18,19). The highest BCUT2D eigenvalue weighted by atomic mass is 16.5. The van der Waals surface area contributed by atoms with Crippen LogP contribution in [0.5, 0.6) is 5.75 Å². The Balaban J connectivity index is 1.94. The largest absolute Gasteiger partial charge is 0.483 e. The fourth-order valence-corrected chi connectivity index (χ4v) is 2.27. The first kappa shape index (κ1) is 14.9. The first-order chi connectivity index (χ1) is 9.60. The van der Waals surface area contributed by atoms with E-state index in [0.29, 0.717) is 6.04 Å². The fourth-order valence-electron chi connectivity index (χ4n) is 2.27. The quantitative estimate of drug-likeness (QED) is 0.801. The number of aryl methyl sites for hydroxylation is 2. The lowest BCUT2D eigenvalue weighted by Crippen LogP contribution is -2.30. The van der Waals surface area contributed by atoms with Gasteiger partial charge in [-0.05, 0) is 49.9 Å². The van der Waals surface area contributed by atoms with Crippen LogP contribution in [0.25, 0.3) is 0 Å². The van der Waals surface area contributed by atoms with E-state index in [1.54, 1.807) is 0 Å². The normalized spacial score (nSPS) is 14.2. The minimum atomic E-state index is -0.0250. The summed E-state index contributed by atoms with van der Waals surface area (Å²) in [6.07, 6.45) is 2.20. The predicted octanol–water partition coefficient (Wildman–Crippen LogP) is 2.07. The van der Waals surface area contributed by atoms with Crippen molar-refractivity contribution in [3.63, 3.8) is 0 Å². The molecule has 1 aliphatic carbocycles. The van der Waals surface area contributed by atoms with Crippen molar-refractivity contribution in [3.8, 4) is 5.75 Å². The summed E-state index contributed by atoms with van der Waals surface area (Å²) in [4.78, 5) is 11.7. The second kappa shape index (κ2) is 6.75. The molecule has 1 amide bonds. The molecule has 1 fully saturated rings. The molecule has 2 N–H and O–H groups in total. The molecule has 0 aliphatic heterocycles. The number of nitrogens with one attached hydrogen (secondary N) is 2. The summed E-state index contributed by atoms with van der Waals surface area (Å²) in [7, 11) is 0. The zero-order chi connectivity index (χ0) is 14.5. The van der Waals surface area contributed by atoms with E-state index < -0.39 is 0 Å². The van der Waals surface area contributed by atoms with Crippen molar-refractivity contribution in [2.75, 3.05) is 13.2 Å². The average Bonchev–Trinajstić information content (AvgIpc) is 3.19. The SMILES string of the molecule is CCNCc1cc(C)c(OCC(=O)NC2CC2)c(C)c1. The molecule has 0 bridgehead atoms. The molecule has 4 heteroatoms. The Bertz CT molecular complexity index is 458. The van der Waals surface area contributed by atoms with Gasteiger partial charge in [0.25, 0.3) is 5.91 Å². The summed E-state index contributed by atoms with van der Waals surface area (Å²) >= 11 is 0. The number of carbonyl (C=O) groups excluding carboxylic acids is 1. The van der Waals surface area contributed by atoms with Gasteiger partial charge in [-0.25, -0.2) is 0 Å². The second-order valence-corrected chi connectivity index (χ2v) is 5.47. The predicted molar refractivity (Wildman–Crippen MR) is 80.0 cm³/mol. The summed E-state index contributed by atoms with van der Waals surface area (Å²) in [5.74, 6) is 0.805. The maximum atomic E-state index is 11.7. The van der Waals surface area contributed by atoms with E-state index in [-0.39, 0.29) is 12.5 Å². The summed E-state index contributed by atoms with van der Waals surface area (Å²) < 4.78 is 5.69. The van der Waals surface area contributed by atoms with E-state index in [0.717, 1.165) is 42.8 Å². The molecule has 0 radical (unpaired) electrons. The third kappa shape index (κ3) is 4.23. The van der Waals surface area contributed by atoms with Crippen LogP contribution < -0.4 is 15.4 Å². The first-order valence-electron chi connectivity index (χ1n) is 7.33. The van der Waals surface area contributed by atoms with Crippen molar-refractivity contribution < 1.29 is 9.53 Å². The molecule has 1 aromatic rings. The molecular formula is C16H24N2O2. The molecule has 0 aromatic heterocycles. The van der Waals surface area contributed by atoms with E-state index in [4.69, 9.17) is 4.74 Å². The van der Waals surface area contributed by atoms with Gasteiger partial charge in [-0.3, -0.25) is 4.79 Å². The number of hydrogen-bond acceptors (Lipinski definition) is 3. The van der Waals surface area contributed by atoms with Gasteiger partial charge in [-0.2, -0.15) is 0 Å². The van der Waals surface area contributed by atoms with Gasteiger partial charge >= 0.3 is 0 Å². The Morgan fingerprint density at radius 2 is 1.95 bits per heavy atom. The van der Waals surface area contributed by atoms with Crippen LogP contribution in [0.2, 0.25) is 0 Å². The van der Waals surface area contributed by atoms with Crippen molar-refractivity contribution >= 4 is 5.91 Å². The van der Waals surface area contributed by atoms with E-state index in [1.165, 1.54) is 5.56 Å². The molecule has 1 saturated carbocycles. The van der Waals surface area contributed by atoms with Crippen molar-refractivity contribution in [2.24, 2.45) is 0 Å². The minimum Gasteiger partial charge on any atom is -0.483 e. The van der Waals surface area contributed by atoms with E-state index >= 15 is 0 Å². The van der Waals surface area contributed by atoms with Crippen LogP contribution in [0, 0.1) is 13.8 Å². The Labute approximate surface area is 120 Å². The van der Waals surface area contributed by atoms with Gasteiger partial charge < -0.3 is 15.4 Å². The lowest BCUT2D eigenvalue weighted by molar-refractivity contribution is -0.123. The topological polar surface area (TPSA) is 50.4 Å². The Morgan fingerprint density at radius 1 is 1.30 bits per heavy atom. The lowest BCUT2D eigenvalue weighted by Gasteiger charge is -2.14. The highest BCUT2D eigenvalue weighted by molar-refractivity contribution is 5.78. The number of hydrogen-bond donors (Lipinski definition) is 2. The van der Waals surface area contributed by atoms with Gasteiger partial charge in [0.1, 0.15) is 5.75 Å². The summed E-state index contributed by atoms with van der Waals surface area (Å²) in [6.45, 7) is 8.06.